The molecule has 4 heteroatoms. The lowest BCUT2D eigenvalue weighted by Crippen LogP contribution is -2.48. The van der Waals surface area contributed by atoms with Gasteiger partial charge in [0.15, 0.2) is 0 Å². The summed E-state index contributed by atoms with van der Waals surface area (Å²) in [5.74, 6) is 0.169. The second-order valence-electron chi connectivity index (χ2n) is 5.39. The predicted octanol–water partition coefficient (Wildman–Crippen LogP) is 2.31. The van der Waals surface area contributed by atoms with Gasteiger partial charge in [-0.3, -0.25) is 0 Å². The third-order valence-corrected chi connectivity index (χ3v) is 2.23. The Morgan fingerprint density at radius 3 is 2.19 bits per heavy atom. The summed E-state index contributed by atoms with van der Waals surface area (Å²) < 4.78 is 5.15. The van der Waals surface area contributed by atoms with E-state index in [1.54, 1.807) is 0 Å². The Kier molecular flexibility index (Phi) is 5.79. The molecular weight excluding hydrogens is 206 g/mol. The van der Waals surface area contributed by atoms with Crippen LogP contribution in [0.5, 0.6) is 0 Å². The number of carbonyl (C=O) groups is 1. The van der Waals surface area contributed by atoms with E-state index >= 15 is 0 Å². The van der Waals surface area contributed by atoms with Crippen molar-refractivity contribution in [2.24, 2.45) is 5.92 Å². The van der Waals surface area contributed by atoms with Crippen LogP contribution in [0.15, 0.2) is 0 Å². The number of ether oxygens (including phenoxy) is 1. The summed E-state index contributed by atoms with van der Waals surface area (Å²) in [4.78, 5) is 11.5. The molecule has 0 bridgehead atoms. The van der Waals surface area contributed by atoms with Gasteiger partial charge >= 0.3 is 6.09 Å². The molecular formula is C12H25NO3. The highest BCUT2D eigenvalue weighted by Crippen LogP contribution is 2.12. The van der Waals surface area contributed by atoms with Crippen LogP contribution < -0.4 is 5.32 Å². The van der Waals surface area contributed by atoms with Crippen molar-refractivity contribution < 1.29 is 14.6 Å². The number of hydrogen-bond donors (Lipinski definition) is 2. The molecule has 0 rings (SSSR count). The van der Waals surface area contributed by atoms with Crippen molar-refractivity contribution in [1.82, 2.24) is 5.32 Å². The van der Waals surface area contributed by atoms with Gasteiger partial charge in [-0.15, -0.1) is 0 Å². The van der Waals surface area contributed by atoms with E-state index in [4.69, 9.17) is 4.74 Å². The monoisotopic (exact) mass is 231 g/mol. The van der Waals surface area contributed by atoms with E-state index in [0.717, 1.165) is 0 Å². The zero-order valence-electron chi connectivity index (χ0n) is 11.2. The second-order valence-corrected chi connectivity index (χ2v) is 5.39. The standard InChI is InChI=1S/C12H25NO3/c1-7-9(14)10(8(2)3)13-11(15)16-12(4,5)6/h8-10,14H,7H2,1-6H3,(H,13,15)/t9-,10+/m1/s1. The van der Waals surface area contributed by atoms with Crippen LogP contribution in [0.4, 0.5) is 4.79 Å². The van der Waals surface area contributed by atoms with E-state index in [1.165, 1.54) is 0 Å². The molecule has 0 aromatic heterocycles. The lowest BCUT2D eigenvalue weighted by molar-refractivity contribution is 0.0370. The molecule has 0 radical (unpaired) electrons. The van der Waals surface area contributed by atoms with Crippen molar-refractivity contribution >= 4 is 6.09 Å². The van der Waals surface area contributed by atoms with Crippen molar-refractivity contribution in [3.05, 3.63) is 0 Å². The number of hydrogen-bond acceptors (Lipinski definition) is 3. The molecule has 0 spiro atoms. The zero-order chi connectivity index (χ0) is 12.9. The zero-order valence-corrected chi connectivity index (χ0v) is 11.2. The van der Waals surface area contributed by atoms with Crippen molar-refractivity contribution in [3.63, 3.8) is 0 Å². The highest BCUT2D eigenvalue weighted by atomic mass is 16.6. The molecule has 1 amide bonds. The summed E-state index contributed by atoms with van der Waals surface area (Å²) >= 11 is 0. The SMILES string of the molecule is CC[C@@H](O)[C@@H](NC(=O)OC(C)(C)C)C(C)C. The maximum absolute atomic E-state index is 11.5. The van der Waals surface area contributed by atoms with E-state index in [0.29, 0.717) is 6.42 Å². The van der Waals surface area contributed by atoms with Crippen LogP contribution >= 0.6 is 0 Å². The third-order valence-electron chi connectivity index (χ3n) is 2.23. The average Bonchev–Trinajstić information content (AvgIpc) is 2.09. The first-order valence-corrected chi connectivity index (χ1v) is 5.85. The van der Waals surface area contributed by atoms with Gasteiger partial charge in [-0.05, 0) is 33.1 Å². The third kappa shape index (κ3) is 5.95. The lowest BCUT2D eigenvalue weighted by atomic mass is 9.97. The molecule has 0 aromatic rings. The van der Waals surface area contributed by atoms with Gasteiger partial charge in [0.1, 0.15) is 5.60 Å². The molecule has 0 heterocycles. The number of rotatable bonds is 4. The van der Waals surface area contributed by atoms with E-state index in [2.05, 4.69) is 5.32 Å². The Bertz CT molecular complexity index is 221. The van der Waals surface area contributed by atoms with Crippen molar-refractivity contribution in [1.29, 1.82) is 0 Å². The largest absolute Gasteiger partial charge is 0.444 e. The molecule has 2 atom stereocenters. The van der Waals surface area contributed by atoms with E-state index < -0.39 is 17.8 Å². The van der Waals surface area contributed by atoms with Gasteiger partial charge < -0.3 is 15.2 Å². The van der Waals surface area contributed by atoms with Gasteiger partial charge in [0.25, 0.3) is 0 Å². The minimum Gasteiger partial charge on any atom is -0.444 e. The topological polar surface area (TPSA) is 58.6 Å². The molecule has 0 saturated heterocycles. The Balaban J connectivity index is 4.36. The van der Waals surface area contributed by atoms with E-state index in [9.17, 15) is 9.90 Å². The molecule has 16 heavy (non-hydrogen) atoms. The molecule has 4 nitrogen and oxygen atoms in total. The summed E-state index contributed by atoms with van der Waals surface area (Å²) in [7, 11) is 0. The fourth-order valence-corrected chi connectivity index (χ4v) is 1.40. The Morgan fingerprint density at radius 2 is 1.88 bits per heavy atom. The summed E-state index contributed by atoms with van der Waals surface area (Å²) in [5.41, 5.74) is -0.511. The quantitative estimate of drug-likeness (QED) is 0.780. The molecule has 96 valence electrons. The Hall–Kier alpha value is -0.770. The van der Waals surface area contributed by atoms with Gasteiger partial charge in [-0.1, -0.05) is 20.8 Å². The minimum absolute atomic E-state index is 0.169. The Morgan fingerprint density at radius 1 is 1.38 bits per heavy atom. The first-order chi connectivity index (χ1) is 7.17. The van der Waals surface area contributed by atoms with Crippen LogP contribution in [-0.2, 0) is 4.74 Å². The highest BCUT2D eigenvalue weighted by Gasteiger charge is 2.25. The van der Waals surface area contributed by atoms with Crippen LogP contribution in [-0.4, -0.2) is 28.9 Å². The number of carbonyl (C=O) groups excluding carboxylic acids is 1. The summed E-state index contributed by atoms with van der Waals surface area (Å²) in [5, 5.41) is 12.5. The molecule has 0 saturated carbocycles. The van der Waals surface area contributed by atoms with Crippen LogP contribution in [0.1, 0.15) is 48.0 Å². The molecule has 0 aromatic carbocycles. The number of alkyl carbamates (subject to hydrolysis) is 1. The number of nitrogens with one attached hydrogen (secondary N) is 1. The highest BCUT2D eigenvalue weighted by molar-refractivity contribution is 5.68. The lowest BCUT2D eigenvalue weighted by Gasteiger charge is -2.28. The van der Waals surface area contributed by atoms with Crippen LogP contribution in [0.3, 0.4) is 0 Å². The Labute approximate surface area is 98.4 Å². The fourth-order valence-electron chi connectivity index (χ4n) is 1.40. The molecule has 0 aliphatic carbocycles. The molecule has 0 fully saturated rings. The number of amides is 1. The minimum atomic E-state index is -0.535. The maximum Gasteiger partial charge on any atom is 0.407 e. The predicted molar refractivity (Wildman–Crippen MR) is 64.3 cm³/mol. The van der Waals surface area contributed by atoms with E-state index in [-0.39, 0.29) is 12.0 Å². The second kappa shape index (κ2) is 6.09. The summed E-state index contributed by atoms with van der Waals surface area (Å²) in [6.45, 7) is 11.2. The van der Waals surface area contributed by atoms with Gasteiger partial charge in [-0.25, -0.2) is 4.79 Å². The van der Waals surface area contributed by atoms with Gasteiger partial charge in [-0.2, -0.15) is 0 Å². The molecule has 2 N–H and O–H groups in total. The van der Waals surface area contributed by atoms with E-state index in [1.807, 2.05) is 41.5 Å². The van der Waals surface area contributed by atoms with Crippen LogP contribution in [0, 0.1) is 5.92 Å². The normalized spacial score (nSPS) is 15.8. The van der Waals surface area contributed by atoms with Crippen LogP contribution in [0.2, 0.25) is 0 Å². The average molecular weight is 231 g/mol. The molecule has 0 unspecified atom stereocenters. The summed E-state index contributed by atoms with van der Waals surface area (Å²) in [6.07, 6.45) is -0.398. The van der Waals surface area contributed by atoms with Gasteiger partial charge in [0.2, 0.25) is 0 Å². The first kappa shape index (κ1) is 15.2. The smallest absolute Gasteiger partial charge is 0.407 e. The first-order valence-electron chi connectivity index (χ1n) is 5.85. The van der Waals surface area contributed by atoms with Gasteiger partial charge in [0.05, 0.1) is 12.1 Å². The van der Waals surface area contributed by atoms with Crippen molar-refractivity contribution in [3.8, 4) is 0 Å². The summed E-state index contributed by atoms with van der Waals surface area (Å²) in [6, 6.07) is -0.264. The number of aliphatic hydroxyl groups is 1. The fraction of sp³-hybridized carbons (Fsp3) is 0.917. The van der Waals surface area contributed by atoms with Crippen LogP contribution in [0.25, 0.3) is 0 Å². The number of aliphatic hydroxyl groups excluding tert-OH is 1. The van der Waals surface area contributed by atoms with Crippen molar-refractivity contribution in [2.75, 3.05) is 0 Å². The van der Waals surface area contributed by atoms with Gasteiger partial charge in [0, 0.05) is 0 Å². The van der Waals surface area contributed by atoms with Crippen molar-refractivity contribution in [2.45, 2.75) is 65.7 Å². The molecule has 0 aliphatic rings. The molecule has 0 aliphatic heterocycles. The maximum atomic E-state index is 11.5.